The number of ether oxygens (including phenoxy) is 1. The summed E-state index contributed by atoms with van der Waals surface area (Å²) in [6.45, 7) is 2.11. The zero-order valence-electron chi connectivity index (χ0n) is 8.81. The van der Waals surface area contributed by atoms with E-state index >= 15 is 0 Å². The van der Waals surface area contributed by atoms with Crippen LogP contribution in [-0.4, -0.2) is 22.4 Å². The molecular weight excluding hydrogens is 234 g/mol. The number of aromatic nitrogens is 3. The average molecular weight is 244 g/mol. The molecule has 0 bridgehead atoms. The normalized spacial score (nSPS) is 12.9. The lowest BCUT2D eigenvalue weighted by molar-refractivity contribution is 0.156. The highest BCUT2D eigenvalue weighted by Gasteiger charge is 2.16. The minimum absolute atomic E-state index is 0.286. The van der Waals surface area contributed by atoms with E-state index in [-0.39, 0.29) is 11.3 Å². The van der Waals surface area contributed by atoms with Crippen LogP contribution in [-0.2, 0) is 11.3 Å². The monoisotopic (exact) mass is 243 g/mol. The van der Waals surface area contributed by atoms with E-state index in [9.17, 15) is 0 Å². The molecule has 0 spiro atoms. The molecule has 16 heavy (non-hydrogen) atoms. The maximum atomic E-state index is 5.81. The molecule has 2 aromatic rings. The van der Waals surface area contributed by atoms with Gasteiger partial charge in [0.1, 0.15) is 6.61 Å². The van der Waals surface area contributed by atoms with Crippen LogP contribution < -0.4 is 0 Å². The van der Waals surface area contributed by atoms with Crippen LogP contribution in [0.5, 0.6) is 0 Å². The fourth-order valence-electron chi connectivity index (χ4n) is 1.12. The molecule has 0 aliphatic carbocycles. The fraction of sp³-hybridized carbons (Fsp3) is 0.444. The van der Waals surface area contributed by atoms with Gasteiger partial charge >= 0.3 is 0 Å². The molecule has 0 amide bonds. The summed E-state index contributed by atoms with van der Waals surface area (Å²) in [7, 11) is 1.57. The molecule has 0 aliphatic rings. The van der Waals surface area contributed by atoms with Crippen LogP contribution in [0.25, 0.3) is 11.6 Å². The highest BCUT2D eigenvalue weighted by molar-refractivity contribution is 6.20. The molecular formula is C9H10ClN3O3. The molecule has 6 nitrogen and oxygen atoms in total. The number of alkyl halides is 1. The first kappa shape index (κ1) is 11.1. The predicted octanol–water partition coefficient (Wildman–Crippen LogP) is 2.17. The maximum absolute atomic E-state index is 5.81. The number of methoxy groups -OCH3 is 1. The van der Waals surface area contributed by atoms with Crippen LogP contribution in [0.4, 0.5) is 0 Å². The lowest BCUT2D eigenvalue weighted by atomic mass is 10.3. The summed E-state index contributed by atoms with van der Waals surface area (Å²) < 4.78 is 14.9. The average Bonchev–Trinajstić information content (AvgIpc) is 2.84. The predicted molar refractivity (Wildman–Crippen MR) is 54.8 cm³/mol. The Morgan fingerprint density at radius 1 is 1.44 bits per heavy atom. The molecule has 86 valence electrons. The molecule has 0 radical (unpaired) electrons. The topological polar surface area (TPSA) is 74.2 Å². The maximum Gasteiger partial charge on any atom is 0.280 e. The Morgan fingerprint density at radius 2 is 2.25 bits per heavy atom. The summed E-state index contributed by atoms with van der Waals surface area (Å²) >= 11 is 5.81. The molecule has 0 saturated heterocycles. The first-order valence-electron chi connectivity index (χ1n) is 4.63. The second-order valence-corrected chi connectivity index (χ2v) is 3.84. The Labute approximate surface area is 96.5 Å². The third-order valence-electron chi connectivity index (χ3n) is 1.86. The zero-order valence-corrected chi connectivity index (χ0v) is 9.56. The summed E-state index contributed by atoms with van der Waals surface area (Å²) in [5, 5.41) is 7.20. The lowest BCUT2D eigenvalue weighted by Crippen LogP contribution is -1.86. The van der Waals surface area contributed by atoms with Crippen molar-refractivity contribution >= 4 is 11.6 Å². The summed E-state index contributed by atoms with van der Waals surface area (Å²) in [5.74, 6) is 1.30. The summed E-state index contributed by atoms with van der Waals surface area (Å²) in [5.41, 5.74) is 0.475. The van der Waals surface area contributed by atoms with Crippen LogP contribution in [0, 0.1) is 0 Å². The van der Waals surface area contributed by atoms with Gasteiger partial charge in [-0.1, -0.05) is 10.3 Å². The van der Waals surface area contributed by atoms with E-state index in [4.69, 9.17) is 25.4 Å². The minimum Gasteiger partial charge on any atom is -0.377 e. The zero-order chi connectivity index (χ0) is 11.5. The molecule has 0 aromatic carbocycles. The molecule has 2 rings (SSSR count). The molecule has 7 heteroatoms. The third-order valence-corrected chi connectivity index (χ3v) is 2.06. The summed E-state index contributed by atoms with van der Waals surface area (Å²) in [6.07, 6.45) is 0. The number of nitrogens with zero attached hydrogens (tertiary/aromatic N) is 3. The second kappa shape index (κ2) is 4.63. The van der Waals surface area contributed by atoms with E-state index in [1.807, 2.05) is 0 Å². The Balaban J connectivity index is 2.21. The van der Waals surface area contributed by atoms with Crippen molar-refractivity contribution in [1.82, 2.24) is 15.3 Å². The Bertz CT molecular complexity index is 466. The number of halogens is 1. The first-order chi connectivity index (χ1) is 7.70. The van der Waals surface area contributed by atoms with E-state index in [2.05, 4.69) is 15.3 Å². The molecule has 1 atom stereocenters. The van der Waals surface area contributed by atoms with Gasteiger partial charge in [-0.15, -0.1) is 11.6 Å². The lowest BCUT2D eigenvalue weighted by Gasteiger charge is -1.88. The minimum atomic E-state index is -0.303. The highest BCUT2D eigenvalue weighted by atomic mass is 35.5. The van der Waals surface area contributed by atoms with Crippen molar-refractivity contribution in [2.45, 2.75) is 18.9 Å². The van der Waals surface area contributed by atoms with Crippen LogP contribution in [0.3, 0.4) is 0 Å². The van der Waals surface area contributed by atoms with Crippen molar-refractivity contribution in [3.8, 4) is 11.6 Å². The molecule has 2 aromatic heterocycles. The van der Waals surface area contributed by atoms with Crippen molar-refractivity contribution < 1.29 is 13.8 Å². The van der Waals surface area contributed by atoms with Crippen molar-refractivity contribution in [2.75, 3.05) is 7.11 Å². The van der Waals surface area contributed by atoms with Gasteiger partial charge in [-0.05, 0) is 6.92 Å². The Morgan fingerprint density at radius 3 is 2.88 bits per heavy atom. The van der Waals surface area contributed by atoms with E-state index in [0.717, 1.165) is 0 Å². The fourth-order valence-corrected chi connectivity index (χ4v) is 1.21. The number of hydrogen-bond acceptors (Lipinski definition) is 6. The van der Waals surface area contributed by atoms with Gasteiger partial charge in [0.25, 0.3) is 5.89 Å². The van der Waals surface area contributed by atoms with Crippen LogP contribution in [0.1, 0.15) is 23.9 Å². The van der Waals surface area contributed by atoms with E-state index in [1.54, 1.807) is 20.1 Å². The van der Waals surface area contributed by atoms with Gasteiger partial charge in [-0.3, -0.25) is 0 Å². The second-order valence-electron chi connectivity index (χ2n) is 3.19. The largest absolute Gasteiger partial charge is 0.377 e. The number of rotatable bonds is 4. The van der Waals surface area contributed by atoms with Gasteiger partial charge in [0.05, 0.1) is 5.38 Å². The third kappa shape index (κ3) is 2.23. The van der Waals surface area contributed by atoms with E-state index < -0.39 is 0 Å². The Hall–Kier alpha value is -1.40. The molecule has 1 unspecified atom stereocenters. The van der Waals surface area contributed by atoms with Gasteiger partial charge in [0, 0.05) is 13.2 Å². The number of hydrogen-bond donors (Lipinski definition) is 0. The van der Waals surface area contributed by atoms with Gasteiger partial charge in [-0.2, -0.15) is 4.98 Å². The van der Waals surface area contributed by atoms with Crippen molar-refractivity contribution in [2.24, 2.45) is 0 Å². The molecule has 0 saturated carbocycles. The van der Waals surface area contributed by atoms with Gasteiger partial charge < -0.3 is 13.8 Å². The summed E-state index contributed by atoms with van der Waals surface area (Å²) in [4.78, 5) is 4.08. The highest BCUT2D eigenvalue weighted by Crippen LogP contribution is 2.21. The quantitative estimate of drug-likeness (QED) is 0.766. The molecule has 0 fully saturated rings. The summed E-state index contributed by atoms with van der Waals surface area (Å²) in [6, 6.07) is 1.68. The van der Waals surface area contributed by atoms with Crippen molar-refractivity contribution in [3.05, 3.63) is 17.7 Å². The van der Waals surface area contributed by atoms with Gasteiger partial charge in [0.15, 0.2) is 17.3 Å². The first-order valence-corrected chi connectivity index (χ1v) is 5.07. The van der Waals surface area contributed by atoms with E-state index in [1.165, 1.54) is 0 Å². The van der Waals surface area contributed by atoms with Gasteiger partial charge in [0.2, 0.25) is 0 Å². The van der Waals surface area contributed by atoms with E-state index in [0.29, 0.717) is 23.9 Å². The van der Waals surface area contributed by atoms with Gasteiger partial charge in [-0.25, -0.2) is 0 Å². The van der Waals surface area contributed by atoms with Crippen LogP contribution in [0.2, 0.25) is 0 Å². The molecule has 0 N–H and O–H groups in total. The van der Waals surface area contributed by atoms with Crippen molar-refractivity contribution in [3.63, 3.8) is 0 Å². The smallest absolute Gasteiger partial charge is 0.280 e. The molecule has 0 aliphatic heterocycles. The van der Waals surface area contributed by atoms with Crippen molar-refractivity contribution in [1.29, 1.82) is 0 Å². The standard InChI is InChI=1S/C9H10ClN3O3/c1-5(10)8-11-9(16-13-8)7-3-6(4-14-2)15-12-7/h3,5H,4H2,1-2H3. The van der Waals surface area contributed by atoms with Crippen LogP contribution >= 0.6 is 11.6 Å². The molecule has 2 heterocycles. The van der Waals surface area contributed by atoms with Crippen LogP contribution in [0.15, 0.2) is 15.1 Å². The SMILES string of the molecule is COCc1cc(-c2nc(C(C)Cl)no2)no1. The Kier molecular flexibility index (Phi) is 3.21.